The van der Waals surface area contributed by atoms with E-state index in [9.17, 15) is 24.3 Å². The van der Waals surface area contributed by atoms with Gasteiger partial charge in [-0.1, -0.05) is 72.8 Å². The number of nitrogens with one attached hydrogen (secondary N) is 3. The van der Waals surface area contributed by atoms with E-state index in [1.54, 1.807) is 45.0 Å². The van der Waals surface area contributed by atoms with Gasteiger partial charge in [-0.05, 0) is 56.5 Å². The number of rotatable bonds is 14. The highest BCUT2D eigenvalue weighted by Crippen LogP contribution is 2.16. The highest BCUT2D eigenvalue weighted by Gasteiger charge is 2.33. The minimum Gasteiger partial charge on any atom is -0.489 e. The predicted molar refractivity (Wildman–Crippen MR) is 172 cm³/mol. The zero-order chi connectivity index (χ0) is 33.7. The van der Waals surface area contributed by atoms with Gasteiger partial charge in [-0.2, -0.15) is 0 Å². The molecule has 0 saturated heterocycles. The Morgan fingerprint density at radius 3 is 1.74 bits per heavy atom. The molecule has 0 aromatic heterocycles. The molecule has 0 aliphatic heterocycles. The summed E-state index contributed by atoms with van der Waals surface area (Å²) in [6.07, 6.45) is -1.93. The maximum Gasteiger partial charge on any atom is 0.408 e. The van der Waals surface area contributed by atoms with E-state index < -0.39 is 53.7 Å². The van der Waals surface area contributed by atoms with Crippen molar-refractivity contribution in [2.45, 2.75) is 77.0 Å². The van der Waals surface area contributed by atoms with Crippen LogP contribution in [0.5, 0.6) is 5.75 Å². The van der Waals surface area contributed by atoms with Crippen LogP contribution < -0.4 is 20.7 Å². The Morgan fingerprint density at radius 1 is 0.717 bits per heavy atom. The third-order valence-corrected chi connectivity index (χ3v) is 6.77. The first-order chi connectivity index (χ1) is 21.8. The minimum absolute atomic E-state index is 0.0226. The van der Waals surface area contributed by atoms with Crippen LogP contribution >= 0.6 is 0 Å². The van der Waals surface area contributed by atoms with E-state index in [2.05, 4.69) is 16.0 Å². The van der Waals surface area contributed by atoms with Gasteiger partial charge in [0.25, 0.3) is 0 Å². The first-order valence-electron chi connectivity index (χ1n) is 15.0. The van der Waals surface area contributed by atoms with Crippen LogP contribution in [0.4, 0.5) is 4.79 Å². The van der Waals surface area contributed by atoms with Gasteiger partial charge in [-0.3, -0.25) is 9.59 Å². The van der Waals surface area contributed by atoms with Crippen molar-refractivity contribution in [2.75, 3.05) is 7.11 Å². The van der Waals surface area contributed by atoms with Gasteiger partial charge in [0.05, 0.1) is 13.2 Å². The zero-order valence-corrected chi connectivity index (χ0v) is 26.8. The highest BCUT2D eigenvalue weighted by molar-refractivity contribution is 5.93. The molecule has 0 bridgehead atoms. The number of amides is 3. The molecule has 3 aromatic rings. The molecule has 0 spiro atoms. The summed E-state index contributed by atoms with van der Waals surface area (Å²) in [7, 11) is 1.14. The Hall–Kier alpha value is -4.90. The van der Waals surface area contributed by atoms with Gasteiger partial charge in [0.2, 0.25) is 11.8 Å². The van der Waals surface area contributed by atoms with Crippen molar-refractivity contribution >= 4 is 23.9 Å². The molecular formula is C35H43N3O8. The molecule has 3 amide bonds. The first-order valence-corrected chi connectivity index (χ1v) is 15.0. The van der Waals surface area contributed by atoms with Gasteiger partial charge in [-0.15, -0.1) is 0 Å². The number of alkyl carbamates (subject to hydrolysis) is 1. The monoisotopic (exact) mass is 633 g/mol. The highest BCUT2D eigenvalue weighted by atomic mass is 16.6. The summed E-state index contributed by atoms with van der Waals surface area (Å²) >= 11 is 0. The molecule has 11 heteroatoms. The molecule has 11 nitrogen and oxygen atoms in total. The van der Waals surface area contributed by atoms with Crippen LogP contribution in [0, 0.1) is 0 Å². The molecule has 0 aliphatic carbocycles. The van der Waals surface area contributed by atoms with Crippen molar-refractivity contribution in [1.82, 2.24) is 16.0 Å². The maximum absolute atomic E-state index is 13.7. The Labute approximate surface area is 269 Å². The first kappa shape index (κ1) is 35.6. The van der Waals surface area contributed by atoms with Crippen LogP contribution in [0.3, 0.4) is 0 Å². The zero-order valence-electron chi connectivity index (χ0n) is 26.8. The minimum atomic E-state index is -1.37. The Bertz CT molecular complexity index is 1420. The molecule has 0 aliphatic rings. The number of carbonyl (C=O) groups excluding carboxylic acids is 4. The van der Waals surface area contributed by atoms with E-state index in [-0.39, 0.29) is 12.8 Å². The number of benzene rings is 3. The van der Waals surface area contributed by atoms with Gasteiger partial charge >= 0.3 is 12.1 Å². The summed E-state index contributed by atoms with van der Waals surface area (Å²) in [4.78, 5) is 52.2. The topological polar surface area (TPSA) is 152 Å². The van der Waals surface area contributed by atoms with Gasteiger partial charge < -0.3 is 35.3 Å². The number of ether oxygens (including phenoxy) is 3. The van der Waals surface area contributed by atoms with Crippen LogP contribution in [0.25, 0.3) is 0 Å². The van der Waals surface area contributed by atoms with E-state index in [1.807, 2.05) is 60.7 Å². The van der Waals surface area contributed by atoms with Crippen molar-refractivity contribution in [3.63, 3.8) is 0 Å². The third kappa shape index (κ3) is 11.9. The lowest BCUT2D eigenvalue weighted by Crippen LogP contribution is -2.58. The molecule has 3 aromatic carbocycles. The van der Waals surface area contributed by atoms with E-state index >= 15 is 0 Å². The number of methoxy groups -OCH3 is 1. The lowest BCUT2D eigenvalue weighted by atomic mass is 10.0. The van der Waals surface area contributed by atoms with Gasteiger partial charge in [0.15, 0.2) is 6.04 Å². The Morgan fingerprint density at radius 2 is 1.22 bits per heavy atom. The van der Waals surface area contributed by atoms with E-state index in [1.165, 1.54) is 6.92 Å². The van der Waals surface area contributed by atoms with Crippen LogP contribution in [-0.2, 0) is 43.3 Å². The van der Waals surface area contributed by atoms with Crippen LogP contribution in [0.1, 0.15) is 44.4 Å². The molecule has 246 valence electrons. The van der Waals surface area contributed by atoms with Crippen molar-refractivity contribution in [2.24, 2.45) is 0 Å². The van der Waals surface area contributed by atoms with Crippen LogP contribution in [-0.4, -0.2) is 65.9 Å². The number of hydrogen-bond acceptors (Lipinski definition) is 8. The summed E-state index contributed by atoms with van der Waals surface area (Å²) in [6, 6.07) is 22.1. The van der Waals surface area contributed by atoms with Crippen molar-refractivity contribution in [1.29, 1.82) is 0 Å². The standard InChI is InChI=1S/C35H43N3O8/c1-23(39)30(33(42)44-5)38-32(41)28(21-25-16-18-27(19-17-25)45-22-26-14-10-7-11-15-26)36-31(40)29(20-24-12-8-6-9-13-24)37-34(43)46-35(2,3)4/h6-19,23,28-30,39H,20-22H2,1-5H3,(H,36,40)(H,37,43)(H,38,41)/t23-,28-,29-,30+/m0/s1. The second-order valence-corrected chi connectivity index (χ2v) is 11.8. The van der Waals surface area contributed by atoms with Crippen LogP contribution in [0.15, 0.2) is 84.9 Å². The van der Waals surface area contributed by atoms with E-state index in [0.717, 1.165) is 18.2 Å². The molecule has 4 N–H and O–H groups in total. The molecule has 4 atom stereocenters. The van der Waals surface area contributed by atoms with E-state index in [4.69, 9.17) is 14.2 Å². The molecule has 0 radical (unpaired) electrons. The molecule has 3 rings (SSSR count). The third-order valence-electron chi connectivity index (χ3n) is 6.77. The van der Waals surface area contributed by atoms with Gasteiger partial charge in [-0.25, -0.2) is 9.59 Å². The number of aliphatic hydroxyl groups excluding tert-OH is 1. The fourth-order valence-corrected chi connectivity index (χ4v) is 4.45. The fraction of sp³-hybridized carbons (Fsp3) is 0.371. The van der Waals surface area contributed by atoms with Crippen LogP contribution in [0.2, 0.25) is 0 Å². The average Bonchev–Trinajstić information content (AvgIpc) is 3.02. The fourth-order valence-electron chi connectivity index (χ4n) is 4.45. The summed E-state index contributed by atoms with van der Waals surface area (Å²) in [5.74, 6) is -1.61. The number of aliphatic hydroxyl groups is 1. The molecule has 0 heterocycles. The molecule has 0 saturated carbocycles. The number of hydrogen-bond donors (Lipinski definition) is 4. The lowest BCUT2D eigenvalue weighted by molar-refractivity contribution is -0.148. The second-order valence-electron chi connectivity index (χ2n) is 11.8. The Balaban J connectivity index is 1.83. The largest absolute Gasteiger partial charge is 0.489 e. The van der Waals surface area contributed by atoms with Crippen molar-refractivity contribution < 1.29 is 38.5 Å². The Kier molecular flexibility index (Phi) is 13.1. The molecule has 0 unspecified atom stereocenters. The number of esters is 1. The van der Waals surface area contributed by atoms with Crippen molar-refractivity contribution in [3.8, 4) is 5.75 Å². The second kappa shape index (κ2) is 17.0. The average molecular weight is 634 g/mol. The summed E-state index contributed by atoms with van der Waals surface area (Å²) in [5.41, 5.74) is 1.65. The normalized spacial score (nSPS) is 13.7. The smallest absolute Gasteiger partial charge is 0.408 e. The van der Waals surface area contributed by atoms with Gasteiger partial charge in [0.1, 0.15) is 30.0 Å². The van der Waals surface area contributed by atoms with E-state index in [0.29, 0.717) is 17.9 Å². The lowest BCUT2D eigenvalue weighted by Gasteiger charge is -2.27. The molecule has 46 heavy (non-hydrogen) atoms. The summed E-state index contributed by atoms with van der Waals surface area (Å²) in [5, 5.41) is 18.0. The van der Waals surface area contributed by atoms with Crippen molar-refractivity contribution in [3.05, 3.63) is 102 Å². The molecular weight excluding hydrogens is 590 g/mol. The summed E-state index contributed by atoms with van der Waals surface area (Å²) < 4.78 is 16.0. The quantitative estimate of drug-likeness (QED) is 0.197. The SMILES string of the molecule is COC(=O)[C@H](NC(=O)[C@H](Cc1ccc(OCc2ccccc2)cc1)NC(=O)[C@H](Cc1ccccc1)NC(=O)OC(C)(C)C)[C@H](C)O. The summed E-state index contributed by atoms with van der Waals surface area (Å²) in [6.45, 7) is 6.83. The number of carbonyl (C=O) groups is 4. The molecule has 0 fully saturated rings. The van der Waals surface area contributed by atoms with Gasteiger partial charge in [0, 0.05) is 12.8 Å². The maximum atomic E-state index is 13.7. The predicted octanol–water partition coefficient (Wildman–Crippen LogP) is 3.47.